The lowest BCUT2D eigenvalue weighted by molar-refractivity contribution is -0.134. The summed E-state index contributed by atoms with van der Waals surface area (Å²) in [6.07, 6.45) is 1.81. The highest BCUT2D eigenvalue weighted by Gasteiger charge is 2.58. The molecule has 2 atom stereocenters. The van der Waals surface area contributed by atoms with Crippen LogP contribution >= 0.6 is 0 Å². The Morgan fingerprint density at radius 1 is 1.29 bits per heavy atom. The molecule has 1 N–H and O–H groups in total. The second kappa shape index (κ2) is 5.39. The highest BCUT2D eigenvalue weighted by molar-refractivity contribution is 6.07. The summed E-state index contributed by atoms with van der Waals surface area (Å²) in [5, 5.41) is 2.93. The van der Waals surface area contributed by atoms with Crippen LogP contribution in [0, 0.1) is 0 Å². The number of nitrogens with zero attached hydrogens (tertiary/aromatic N) is 1. The van der Waals surface area contributed by atoms with Crippen LogP contribution in [0.25, 0.3) is 0 Å². The fraction of sp³-hybridized carbons (Fsp3) is 0.211. The zero-order valence-electron chi connectivity index (χ0n) is 13.4. The lowest BCUT2D eigenvalue weighted by Crippen LogP contribution is -2.50. The zero-order valence-corrected chi connectivity index (χ0v) is 13.4. The van der Waals surface area contributed by atoms with Crippen LogP contribution in [0.1, 0.15) is 5.56 Å². The first kappa shape index (κ1) is 14.8. The molecule has 0 aliphatic carbocycles. The third-order valence-electron chi connectivity index (χ3n) is 4.60. The van der Waals surface area contributed by atoms with E-state index in [1.54, 1.807) is 7.11 Å². The van der Waals surface area contributed by atoms with E-state index in [0.29, 0.717) is 6.61 Å². The van der Waals surface area contributed by atoms with E-state index in [4.69, 9.17) is 9.47 Å². The molecule has 2 heterocycles. The molecule has 1 amide bonds. The van der Waals surface area contributed by atoms with Crippen molar-refractivity contribution in [3.8, 4) is 5.75 Å². The van der Waals surface area contributed by atoms with Gasteiger partial charge in [-0.15, -0.1) is 6.58 Å². The van der Waals surface area contributed by atoms with Crippen LogP contribution in [0.15, 0.2) is 61.2 Å². The van der Waals surface area contributed by atoms with E-state index in [1.165, 1.54) is 0 Å². The van der Waals surface area contributed by atoms with Gasteiger partial charge < -0.3 is 19.7 Å². The second-order valence-electron chi connectivity index (χ2n) is 5.83. The van der Waals surface area contributed by atoms with Crippen LogP contribution < -0.4 is 15.0 Å². The average molecular weight is 322 g/mol. The molecule has 1 fully saturated rings. The Balaban J connectivity index is 1.88. The number of hydrogen-bond donors (Lipinski definition) is 1. The van der Waals surface area contributed by atoms with E-state index in [1.807, 2.05) is 59.5 Å². The number of amides is 1. The van der Waals surface area contributed by atoms with Crippen LogP contribution in [0.3, 0.4) is 0 Å². The number of nitrogens with one attached hydrogen (secondary N) is 1. The van der Waals surface area contributed by atoms with E-state index in [9.17, 15) is 4.79 Å². The summed E-state index contributed by atoms with van der Waals surface area (Å²) >= 11 is 0. The molecule has 0 aromatic heterocycles. The largest absolute Gasteiger partial charge is 0.497 e. The van der Waals surface area contributed by atoms with Crippen LogP contribution in [-0.4, -0.2) is 25.7 Å². The van der Waals surface area contributed by atoms with Crippen LogP contribution in [-0.2, 0) is 15.3 Å². The van der Waals surface area contributed by atoms with Crippen molar-refractivity contribution in [2.75, 3.05) is 23.9 Å². The number of fused-ring (bicyclic) bond motifs is 2. The summed E-state index contributed by atoms with van der Waals surface area (Å²) in [5.41, 5.74) is 1.33. The van der Waals surface area contributed by atoms with Crippen molar-refractivity contribution in [3.05, 3.63) is 66.7 Å². The predicted molar refractivity (Wildman–Crippen MR) is 92.2 cm³/mol. The number of rotatable bonds is 3. The summed E-state index contributed by atoms with van der Waals surface area (Å²) in [6.45, 7) is 4.31. The molecule has 4 rings (SSSR count). The van der Waals surface area contributed by atoms with Crippen molar-refractivity contribution in [1.82, 2.24) is 0 Å². The van der Waals surface area contributed by atoms with E-state index >= 15 is 0 Å². The minimum absolute atomic E-state index is 0.102. The fourth-order valence-electron chi connectivity index (χ4n) is 3.47. The van der Waals surface area contributed by atoms with Gasteiger partial charge >= 0.3 is 0 Å². The molecule has 122 valence electrons. The molecular weight excluding hydrogens is 304 g/mol. The molecule has 24 heavy (non-hydrogen) atoms. The lowest BCUT2D eigenvalue weighted by Gasteiger charge is -2.35. The fourth-order valence-corrected chi connectivity index (χ4v) is 3.47. The smallest absolute Gasteiger partial charge is 0.283 e. The van der Waals surface area contributed by atoms with Gasteiger partial charge in [-0.3, -0.25) is 4.79 Å². The van der Waals surface area contributed by atoms with Gasteiger partial charge in [0.05, 0.1) is 19.8 Å². The lowest BCUT2D eigenvalue weighted by atomic mass is 10.0. The molecule has 5 heteroatoms. The summed E-state index contributed by atoms with van der Waals surface area (Å²) in [7, 11) is 1.63. The average Bonchev–Trinajstić information content (AvgIpc) is 3.15. The predicted octanol–water partition coefficient (Wildman–Crippen LogP) is 2.89. The van der Waals surface area contributed by atoms with Crippen molar-refractivity contribution in [2.45, 2.75) is 11.8 Å². The van der Waals surface area contributed by atoms with Gasteiger partial charge in [-0.2, -0.15) is 0 Å². The maximum atomic E-state index is 12.9. The number of methoxy groups -OCH3 is 1. The topological polar surface area (TPSA) is 50.8 Å². The molecule has 0 radical (unpaired) electrons. The first-order valence-corrected chi connectivity index (χ1v) is 7.81. The Bertz CT molecular complexity index is 803. The van der Waals surface area contributed by atoms with Crippen molar-refractivity contribution < 1.29 is 14.3 Å². The van der Waals surface area contributed by atoms with Crippen LogP contribution in [0.5, 0.6) is 5.75 Å². The van der Waals surface area contributed by atoms with Gasteiger partial charge in [-0.05, 0) is 30.3 Å². The number of benzene rings is 2. The van der Waals surface area contributed by atoms with Crippen molar-refractivity contribution in [1.29, 1.82) is 0 Å². The van der Waals surface area contributed by atoms with E-state index in [0.717, 1.165) is 22.7 Å². The van der Waals surface area contributed by atoms with Gasteiger partial charge in [-0.1, -0.05) is 24.3 Å². The van der Waals surface area contributed by atoms with Gasteiger partial charge in [0.15, 0.2) is 0 Å². The molecular formula is C19H18N2O3. The summed E-state index contributed by atoms with van der Waals surface area (Å²) < 4.78 is 11.3. The Morgan fingerprint density at radius 3 is 2.75 bits per heavy atom. The summed E-state index contributed by atoms with van der Waals surface area (Å²) in [4.78, 5) is 14.9. The zero-order chi connectivity index (χ0) is 16.7. The third kappa shape index (κ3) is 1.88. The Hall–Kier alpha value is -2.79. The van der Waals surface area contributed by atoms with Gasteiger partial charge in [-0.25, -0.2) is 0 Å². The number of anilines is 2. The summed E-state index contributed by atoms with van der Waals surface area (Å²) in [6, 6.07) is 15.1. The first-order chi connectivity index (χ1) is 11.7. The van der Waals surface area contributed by atoms with Gasteiger partial charge in [0.25, 0.3) is 11.6 Å². The molecule has 0 unspecified atom stereocenters. The first-order valence-electron chi connectivity index (χ1n) is 7.81. The maximum Gasteiger partial charge on any atom is 0.283 e. The Labute approximate surface area is 140 Å². The van der Waals surface area contributed by atoms with Crippen LogP contribution in [0.4, 0.5) is 11.4 Å². The Kier molecular flexibility index (Phi) is 3.32. The Morgan fingerprint density at radius 2 is 2.04 bits per heavy atom. The SMILES string of the molecule is C=C[C@H]1CO[C@]2(C(=O)Nc3ccccc32)N1c1ccc(OC)cc1. The van der Waals surface area contributed by atoms with E-state index in [2.05, 4.69) is 11.9 Å². The van der Waals surface area contributed by atoms with E-state index in [-0.39, 0.29) is 11.9 Å². The highest BCUT2D eigenvalue weighted by atomic mass is 16.5. The van der Waals surface area contributed by atoms with Crippen LogP contribution in [0.2, 0.25) is 0 Å². The van der Waals surface area contributed by atoms with Crippen molar-refractivity contribution in [2.24, 2.45) is 0 Å². The molecule has 1 spiro atoms. The molecule has 2 aliphatic rings. The number of ether oxygens (including phenoxy) is 2. The summed E-state index contributed by atoms with van der Waals surface area (Å²) in [5.74, 6) is 0.586. The second-order valence-corrected chi connectivity index (χ2v) is 5.83. The number of carbonyl (C=O) groups excluding carboxylic acids is 1. The molecule has 2 aromatic rings. The molecule has 2 aromatic carbocycles. The van der Waals surface area contributed by atoms with Gasteiger partial charge in [0.2, 0.25) is 0 Å². The highest BCUT2D eigenvalue weighted by Crippen LogP contribution is 2.48. The molecule has 5 nitrogen and oxygen atoms in total. The van der Waals surface area contributed by atoms with Gasteiger partial charge in [0.1, 0.15) is 5.75 Å². The standard InChI is InChI=1S/C19H18N2O3/c1-3-13-12-24-19(16-6-4-5-7-17(16)20-18(19)22)21(13)14-8-10-15(23-2)11-9-14/h3-11,13H,1,12H2,2H3,(H,20,22)/t13-,19+/m0/s1. The number of hydrogen-bond acceptors (Lipinski definition) is 4. The molecule has 1 saturated heterocycles. The third-order valence-corrected chi connectivity index (χ3v) is 4.60. The van der Waals surface area contributed by atoms with E-state index < -0.39 is 5.72 Å². The van der Waals surface area contributed by atoms with Crippen molar-refractivity contribution in [3.63, 3.8) is 0 Å². The monoisotopic (exact) mass is 322 g/mol. The molecule has 2 aliphatic heterocycles. The normalized spacial score (nSPS) is 24.8. The maximum absolute atomic E-state index is 12.9. The molecule has 0 saturated carbocycles. The minimum atomic E-state index is -1.16. The number of para-hydroxylation sites is 1. The molecule has 0 bridgehead atoms. The van der Waals surface area contributed by atoms with Gasteiger partial charge in [0, 0.05) is 16.9 Å². The van der Waals surface area contributed by atoms with Crippen molar-refractivity contribution >= 4 is 17.3 Å². The number of carbonyl (C=O) groups is 1. The minimum Gasteiger partial charge on any atom is -0.497 e. The quantitative estimate of drug-likeness (QED) is 0.883.